The van der Waals surface area contributed by atoms with Crippen molar-refractivity contribution in [3.63, 3.8) is 0 Å². The smallest absolute Gasteiger partial charge is 0.254 e. The first-order valence-electron chi connectivity index (χ1n) is 7.28. The van der Waals surface area contributed by atoms with Crippen LogP contribution in [0.15, 0.2) is 30.3 Å². The molecule has 5 N–H and O–H groups in total. The third-order valence-electron chi connectivity index (χ3n) is 4.10. The quantitative estimate of drug-likeness (QED) is 0.425. The Balaban J connectivity index is 2.14. The molecule has 128 valence electrons. The van der Waals surface area contributed by atoms with Crippen molar-refractivity contribution in [2.75, 3.05) is 20.3 Å². The van der Waals surface area contributed by atoms with Gasteiger partial charge in [0, 0.05) is 12.6 Å². The molecular weight excluding hydrogens is 304 g/mol. The number of rotatable bonds is 4. The van der Waals surface area contributed by atoms with E-state index in [0.717, 1.165) is 0 Å². The van der Waals surface area contributed by atoms with Crippen molar-refractivity contribution < 1.29 is 30.3 Å². The summed E-state index contributed by atoms with van der Waals surface area (Å²) >= 11 is 0. The molecule has 8 heteroatoms. The molecule has 1 aromatic carbocycles. The number of carbonyl (C=O) groups is 1. The lowest BCUT2D eigenvalue weighted by Crippen LogP contribution is -2.68. The van der Waals surface area contributed by atoms with E-state index in [-0.39, 0.29) is 12.6 Å². The van der Waals surface area contributed by atoms with Gasteiger partial charge in [0.2, 0.25) is 0 Å². The molecule has 1 amide bonds. The Morgan fingerprint density at radius 1 is 1.09 bits per heavy atom. The molecule has 1 aliphatic rings. The average Bonchev–Trinajstić information content (AvgIpc) is 2.58. The van der Waals surface area contributed by atoms with Crippen LogP contribution in [0.25, 0.3) is 0 Å². The largest absolute Gasteiger partial charge is 0.395 e. The summed E-state index contributed by atoms with van der Waals surface area (Å²) in [4.78, 5) is 14.8. The number of hydrogen-bond donors (Lipinski definition) is 5. The number of piperidine rings is 1. The standard InChI is InChI=1S/C15H22N2O6/c1-16(14(22)9-5-3-2-4-6-9)8-17-10(7-18)11(19)12(20)13(21)15(17)23/h2-6,10-13,15,18-21,23H,7-8H2,1H3/t10-,11-,12+,13-,15?/m1/s1. The Hall–Kier alpha value is -1.55. The highest BCUT2D eigenvalue weighted by Gasteiger charge is 2.47. The molecule has 1 aromatic rings. The van der Waals surface area contributed by atoms with Crippen molar-refractivity contribution in [3.05, 3.63) is 35.9 Å². The third kappa shape index (κ3) is 3.52. The van der Waals surface area contributed by atoms with Crippen LogP contribution in [0.4, 0.5) is 0 Å². The van der Waals surface area contributed by atoms with Crippen molar-refractivity contribution in [1.82, 2.24) is 9.80 Å². The SMILES string of the molecule is CN(CN1C(O)[C@H](O)[C@@H](O)[C@H](O)[C@H]1CO)C(=O)c1ccccc1. The number of nitrogens with zero attached hydrogens (tertiary/aromatic N) is 2. The number of carbonyl (C=O) groups excluding carboxylic acids is 1. The molecular formula is C15H22N2O6. The number of aliphatic hydroxyl groups is 5. The highest BCUT2D eigenvalue weighted by atomic mass is 16.4. The van der Waals surface area contributed by atoms with Crippen LogP contribution in [0.1, 0.15) is 10.4 Å². The van der Waals surface area contributed by atoms with Crippen molar-refractivity contribution in [3.8, 4) is 0 Å². The summed E-state index contributed by atoms with van der Waals surface area (Å²) in [5, 5.41) is 48.9. The summed E-state index contributed by atoms with van der Waals surface area (Å²) in [5.74, 6) is -0.315. The number of amides is 1. The predicted molar refractivity (Wildman–Crippen MR) is 80.1 cm³/mol. The fourth-order valence-electron chi connectivity index (χ4n) is 2.71. The summed E-state index contributed by atoms with van der Waals surface area (Å²) in [6.45, 7) is -0.684. The van der Waals surface area contributed by atoms with Crippen LogP contribution in [0.5, 0.6) is 0 Å². The number of likely N-dealkylation sites (tertiary alicyclic amines) is 1. The topological polar surface area (TPSA) is 125 Å². The second-order valence-electron chi connectivity index (χ2n) is 5.66. The van der Waals surface area contributed by atoms with E-state index in [1.165, 1.54) is 16.8 Å². The van der Waals surface area contributed by atoms with Gasteiger partial charge in [0.15, 0.2) is 0 Å². The molecule has 2 rings (SSSR count). The maximum atomic E-state index is 12.3. The van der Waals surface area contributed by atoms with E-state index in [0.29, 0.717) is 5.56 Å². The summed E-state index contributed by atoms with van der Waals surface area (Å²) in [7, 11) is 1.50. The minimum Gasteiger partial charge on any atom is -0.395 e. The molecule has 1 saturated heterocycles. The lowest BCUT2D eigenvalue weighted by molar-refractivity contribution is -0.228. The summed E-state index contributed by atoms with van der Waals surface area (Å²) in [6.07, 6.45) is -6.14. The van der Waals surface area contributed by atoms with Crippen molar-refractivity contribution in [2.45, 2.75) is 30.6 Å². The van der Waals surface area contributed by atoms with Crippen LogP contribution >= 0.6 is 0 Å². The fourth-order valence-corrected chi connectivity index (χ4v) is 2.71. The highest BCUT2D eigenvalue weighted by molar-refractivity contribution is 5.93. The van der Waals surface area contributed by atoms with Gasteiger partial charge in [0.1, 0.15) is 24.5 Å². The first-order valence-corrected chi connectivity index (χ1v) is 7.28. The Bertz CT molecular complexity index is 528. The van der Waals surface area contributed by atoms with Gasteiger partial charge < -0.3 is 30.4 Å². The molecule has 0 spiro atoms. The van der Waals surface area contributed by atoms with E-state index in [1.54, 1.807) is 30.3 Å². The second-order valence-corrected chi connectivity index (χ2v) is 5.66. The lowest BCUT2D eigenvalue weighted by Gasteiger charge is -2.47. The van der Waals surface area contributed by atoms with Gasteiger partial charge >= 0.3 is 0 Å². The van der Waals surface area contributed by atoms with Crippen LogP contribution in [0.3, 0.4) is 0 Å². The number of benzene rings is 1. The van der Waals surface area contributed by atoms with Gasteiger partial charge in [-0.3, -0.25) is 9.69 Å². The van der Waals surface area contributed by atoms with Crippen LogP contribution in [0, 0.1) is 0 Å². The Kier molecular flexibility index (Phi) is 5.69. The van der Waals surface area contributed by atoms with E-state index < -0.39 is 37.2 Å². The normalized spacial score (nSPS) is 31.8. The van der Waals surface area contributed by atoms with Gasteiger partial charge in [0.25, 0.3) is 5.91 Å². The molecule has 5 atom stereocenters. The van der Waals surface area contributed by atoms with Crippen LogP contribution in [-0.2, 0) is 0 Å². The molecule has 0 aromatic heterocycles. The van der Waals surface area contributed by atoms with E-state index >= 15 is 0 Å². The number of aliphatic hydroxyl groups excluding tert-OH is 5. The Labute approximate surface area is 133 Å². The van der Waals surface area contributed by atoms with Gasteiger partial charge in [-0.2, -0.15) is 0 Å². The first kappa shape index (κ1) is 17.8. The van der Waals surface area contributed by atoms with Gasteiger partial charge in [0.05, 0.1) is 19.3 Å². The van der Waals surface area contributed by atoms with Crippen molar-refractivity contribution in [2.24, 2.45) is 0 Å². The maximum Gasteiger partial charge on any atom is 0.254 e. The molecule has 1 heterocycles. The molecule has 1 aliphatic heterocycles. The van der Waals surface area contributed by atoms with Gasteiger partial charge in [-0.05, 0) is 12.1 Å². The zero-order valence-corrected chi connectivity index (χ0v) is 12.7. The van der Waals surface area contributed by atoms with Crippen LogP contribution in [-0.4, -0.2) is 92.1 Å². The maximum absolute atomic E-state index is 12.3. The van der Waals surface area contributed by atoms with Crippen molar-refractivity contribution >= 4 is 5.91 Å². The number of hydrogen-bond acceptors (Lipinski definition) is 7. The zero-order chi connectivity index (χ0) is 17.1. The van der Waals surface area contributed by atoms with Gasteiger partial charge in [-0.25, -0.2) is 0 Å². The third-order valence-corrected chi connectivity index (χ3v) is 4.10. The predicted octanol–water partition coefficient (Wildman–Crippen LogP) is -2.21. The molecule has 1 fully saturated rings. The second kappa shape index (κ2) is 7.35. The summed E-state index contributed by atoms with van der Waals surface area (Å²) in [5.41, 5.74) is 0.447. The molecule has 1 unspecified atom stereocenters. The van der Waals surface area contributed by atoms with Crippen molar-refractivity contribution in [1.29, 1.82) is 0 Å². The highest BCUT2D eigenvalue weighted by Crippen LogP contribution is 2.23. The lowest BCUT2D eigenvalue weighted by atomic mass is 9.93. The Morgan fingerprint density at radius 2 is 1.70 bits per heavy atom. The van der Waals surface area contributed by atoms with E-state index in [2.05, 4.69) is 0 Å². The minimum absolute atomic E-state index is 0.138. The molecule has 8 nitrogen and oxygen atoms in total. The Morgan fingerprint density at radius 3 is 2.26 bits per heavy atom. The summed E-state index contributed by atoms with van der Waals surface area (Å²) in [6, 6.07) is 7.50. The molecule has 0 saturated carbocycles. The van der Waals surface area contributed by atoms with Gasteiger partial charge in [-0.15, -0.1) is 0 Å². The van der Waals surface area contributed by atoms with Crippen LogP contribution in [0.2, 0.25) is 0 Å². The average molecular weight is 326 g/mol. The minimum atomic E-state index is -1.60. The van der Waals surface area contributed by atoms with Crippen LogP contribution < -0.4 is 0 Å². The molecule has 0 radical (unpaired) electrons. The molecule has 23 heavy (non-hydrogen) atoms. The van der Waals surface area contributed by atoms with Gasteiger partial charge in [-0.1, -0.05) is 18.2 Å². The molecule has 0 bridgehead atoms. The van der Waals surface area contributed by atoms with E-state index in [9.17, 15) is 30.3 Å². The molecule has 0 aliphatic carbocycles. The summed E-state index contributed by atoms with van der Waals surface area (Å²) < 4.78 is 0. The monoisotopic (exact) mass is 326 g/mol. The zero-order valence-electron chi connectivity index (χ0n) is 12.7. The first-order chi connectivity index (χ1) is 10.9. The fraction of sp³-hybridized carbons (Fsp3) is 0.533. The van der Waals surface area contributed by atoms with E-state index in [1.807, 2.05) is 0 Å². The van der Waals surface area contributed by atoms with E-state index in [4.69, 9.17) is 0 Å².